The molecule has 180 valence electrons. The van der Waals surface area contributed by atoms with Crippen molar-refractivity contribution in [1.82, 2.24) is 24.4 Å². The number of piperazine rings is 1. The van der Waals surface area contributed by atoms with Crippen molar-refractivity contribution >= 4 is 28.0 Å². The first kappa shape index (κ1) is 23.1. The highest BCUT2D eigenvalue weighted by Gasteiger charge is 2.22. The Morgan fingerprint density at radius 2 is 1.83 bits per heavy atom. The predicted octanol–water partition coefficient (Wildman–Crippen LogP) is 3.75. The first-order valence-electron chi connectivity index (χ1n) is 11.1. The van der Waals surface area contributed by atoms with Crippen LogP contribution in [0, 0.1) is 18.6 Å². The number of amides is 2. The number of carbonyl (C=O) groups is 1. The topological polar surface area (TPSA) is 82.8 Å². The summed E-state index contributed by atoms with van der Waals surface area (Å²) in [7, 11) is 0. The van der Waals surface area contributed by atoms with Crippen LogP contribution in [-0.2, 0) is 6.54 Å². The lowest BCUT2D eigenvalue weighted by molar-refractivity contribution is 0.142. The van der Waals surface area contributed by atoms with Gasteiger partial charge in [0.05, 0.1) is 5.69 Å². The monoisotopic (exact) mass is 496 g/mol. The van der Waals surface area contributed by atoms with Crippen LogP contribution in [0.1, 0.15) is 11.3 Å². The van der Waals surface area contributed by atoms with Gasteiger partial charge in [0.2, 0.25) is 4.96 Å². The Labute approximate surface area is 203 Å². The summed E-state index contributed by atoms with van der Waals surface area (Å²) in [4.78, 5) is 33.9. The smallest absolute Gasteiger partial charge is 0.321 e. The number of nitrogens with zero attached hydrogens (tertiary/aromatic N) is 5. The number of rotatable bonds is 4. The zero-order chi connectivity index (χ0) is 24.5. The summed E-state index contributed by atoms with van der Waals surface area (Å²) in [6, 6.07) is 12.0. The van der Waals surface area contributed by atoms with Crippen LogP contribution in [0.5, 0.6) is 0 Å². The highest BCUT2D eigenvalue weighted by atomic mass is 32.1. The van der Waals surface area contributed by atoms with Gasteiger partial charge in [0, 0.05) is 50.0 Å². The van der Waals surface area contributed by atoms with E-state index in [1.54, 1.807) is 42.2 Å². The quantitative estimate of drug-likeness (QED) is 0.465. The second-order valence-corrected chi connectivity index (χ2v) is 9.28. The van der Waals surface area contributed by atoms with Crippen molar-refractivity contribution in [3.05, 3.63) is 81.8 Å². The molecule has 3 heterocycles. The molecule has 0 saturated carbocycles. The second kappa shape index (κ2) is 9.51. The minimum Gasteiger partial charge on any atom is -0.322 e. The van der Waals surface area contributed by atoms with Crippen LogP contribution in [0.4, 0.5) is 19.3 Å². The average molecular weight is 497 g/mol. The molecule has 0 bridgehead atoms. The van der Waals surface area contributed by atoms with E-state index in [0.717, 1.165) is 11.3 Å². The van der Waals surface area contributed by atoms with Gasteiger partial charge in [0.25, 0.3) is 5.56 Å². The van der Waals surface area contributed by atoms with Gasteiger partial charge >= 0.3 is 6.03 Å². The fraction of sp³-hybridized carbons (Fsp3) is 0.250. The first-order valence-corrected chi connectivity index (χ1v) is 11.9. The average Bonchev–Trinajstić information content (AvgIpc) is 3.27. The third kappa shape index (κ3) is 4.91. The highest BCUT2D eigenvalue weighted by molar-refractivity contribution is 7.19. The van der Waals surface area contributed by atoms with Crippen molar-refractivity contribution in [1.29, 1.82) is 0 Å². The van der Waals surface area contributed by atoms with E-state index in [4.69, 9.17) is 0 Å². The number of nitrogens with one attached hydrogen (secondary N) is 1. The van der Waals surface area contributed by atoms with Gasteiger partial charge < -0.3 is 10.2 Å². The first-order chi connectivity index (χ1) is 16.9. The summed E-state index contributed by atoms with van der Waals surface area (Å²) in [5, 5.41) is 7.36. The summed E-state index contributed by atoms with van der Waals surface area (Å²) in [6.07, 6.45) is 0. The number of fused-ring (bicyclic) bond motifs is 1. The molecule has 1 N–H and O–H groups in total. The Balaban J connectivity index is 1.23. The molecule has 0 radical (unpaired) electrons. The van der Waals surface area contributed by atoms with Crippen molar-refractivity contribution in [2.75, 3.05) is 31.5 Å². The maximum absolute atomic E-state index is 14.1. The Kier molecular flexibility index (Phi) is 6.27. The zero-order valence-electron chi connectivity index (χ0n) is 18.9. The molecule has 0 aliphatic carbocycles. The summed E-state index contributed by atoms with van der Waals surface area (Å²) < 4.78 is 29.1. The molecule has 8 nitrogen and oxygen atoms in total. The Bertz CT molecular complexity index is 1460. The van der Waals surface area contributed by atoms with Crippen LogP contribution in [-0.4, -0.2) is 56.6 Å². The highest BCUT2D eigenvalue weighted by Crippen LogP contribution is 2.26. The van der Waals surface area contributed by atoms with Gasteiger partial charge in [-0.2, -0.15) is 9.61 Å². The van der Waals surface area contributed by atoms with E-state index in [1.165, 1.54) is 22.7 Å². The van der Waals surface area contributed by atoms with E-state index in [1.807, 2.05) is 0 Å². The van der Waals surface area contributed by atoms with Crippen LogP contribution in [0.25, 0.3) is 15.5 Å². The van der Waals surface area contributed by atoms with Crippen LogP contribution >= 0.6 is 11.3 Å². The van der Waals surface area contributed by atoms with Gasteiger partial charge in [-0.3, -0.25) is 9.69 Å². The molecule has 11 heteroatoms. The molecule has 1 saturated heterocycles. The fourth-order valence-corrected chi connectivity index (χ4v) is 4.84. The van der Waals surface area contributed by atoms with Crippen molar-refractivity contribution < 1.29 is 13.6 Å². The lowest BCUT2D eigenvalue weighted by atomic mass is 10.2. The van der Waals surface area contributed by atoms with Gasteiger partial charge in [0.1, 0.15) is 11.6 Å². The third-order valence-corrected chi connectivity index (χ3v) is 6.81. The van der Waals surface area contributed by atoms with E-state index in [0.29, 0.717) is 65.2 Å². The van der Waals surface area contributed by atoms with E-state index in [9.17, 15) is 18.4 Å². The summed E-state index contributed by atoms with van der Waals surface area (Å²) >= 11 is 1.16. The number of hydrogen-bond donors (Lipinski definition) is 1. The van der Waals surface area contributed by atoms with Gasteiger partial charge in [-0.05, 0) is 36.8 Å². The molecule has 2 amide bonds. The standard InChI is InChI=1S/C24H22F2N6O2S/c1-15-6-7-16(12-20(15)26)27-23(34)31-10-8-30(9-11-31)14-17-13-21(33)32-24(28-17)35-22(29-32)18-4-2-3-5-19(18)25/h2-7,12-13H,8-11,14H2,1H3,(H,27,34). The lowest BCUT2D eigenvalue weighted by Crippen LogP contribution is -2.49. The number of benzene rings is 2. The number of halogens is 2. The van der Waals surface area contributed by atoms with Crippen molar-refractivity contribution in [3.63, 3.8) is 0 Å². The van der Waals surface area contributed by atoms with Crippen LogP contribution in [0.2, 0.25) is 0 Å². The van der Waals surface area contributed by atoms with Gasteiger partial charge in [-0.25, -0.2) is 18.6 Å². The molecule has 35 heavy (non-hydrogen) atoms. The summed E-state index contributed by atoms with van der Waals surface area (Å²) in [5.74, 6) is -0.774. The van der Waals surface area contributed by atoms with E-state index < -0.39 is 5.82 Å². The molecule has 0 spiro atoms. The fourth-order valence-electron chi connectivity index (χ4n) is 3.89. The molecule has 2 aromatic carbocycles. The van der Waals surface area contributed by atoms with Gasteiger partial charge in [-0.1, -0.05) is 29.5 Å². The minimum absolute atomic E-state index is 0.281. The molecule has 1 aliphatic heterocycles. The molecule has 1 fully saturated rings. The van der Waals surface area contributed by atoms with Crippen LogP contribution < -0.4 is 10.9 Å². The number of urea groups is 1. The molecule has 0 unspecified atom stereocenters. The predicted molar refractivity (Wildman–Crippen MR) is 130 cm³/mol. The van der Waals surface area contributed by atoms with E-state index in [-0.39, 0.29) is 17.4 Å². The van der Waals surface area contributed by atoms with E-state index in [2.05, 4.69) is 20.3 Å². The zero-order valence-corrected chi connectivity index (χ0v) is 19.7. The van der Waals surface area contributed by atoms with Crippen molar-refractivity contribution in [2.45, 2.75) is 13.5 Å². The molecule has 0 atom stereocenters. The van der Waals surface area contributed by atoms with E-state index >= 15 is 0 Å². The number of hydrogen-bond acceptors (Lipinski definition) is 6. The lowest BCUT2D eigenvalue weighted by Gasteiger charge is -2.34. The van der Waals surface area contributed by atoms with Crippen LogP contribution in [0.3, 0.4) is 0 Å². The number of aryl methyl sites for hydroxylation is 1. The summed E-state index contributed by atoms with van der Waals surface area (Å²) in [6.45, 7) is 4.27. The maximum atomic E-state index is 14.1. The van der Waals surface area contributed by atoms with Crippen molar-refractivity contribution in [2.24, 2.45) is 0 Å². The minimum atomic E-state index is -0.408. The van der Waals surface area contributed by atoms with Gasteiger partial charge in [0.15, 0.2) is 5.01 Å². The number of aromatic nitrogens is 3. The molecule has 4 aromatic rings. The van der Waals surface area contributed by atoms with Gasteiger partial charge in [-0.15, -0.1) is 0 Å². The second-order valence-electron chi connectivity index (χ2n) is 8.32. The summed E-state index contributed by atoms with van der Waals surface area (Å²) in [5.41, 5.74) is 1.52. The maximum Gasteiger partial charge on any atom is 0.321 e. The van der Waals surface area contributed by atoms with Crippen LogP contribution in [0.15, 0.2) is 53.3 Å². The Hall–Kier alpha value is -3.70. The Morgan fingerprint density at radius 1 is 1.06 bits per heavy atom. The normalized spacial score (nSPS) is 14.4. The Morgan fingerprint density at radius 3 is 2.57 bits per heavy atom. The molecular weight excluding hydrogens is 474 g/mol. The molecule has 1 aliphatic rings. The third-order valence-electron chi connectivity index (χ3n) is 5.87. The molecular formula is C24H22F2N6O2S. The molecule has 2 aromatic heterocycles. The van der Waals surface area contributed by atoms with Crippen molar-refractivity contribution in [3.8, 4) is 10.6 Å². The number of carbonyl (C=O) groups excluding carboxylic acids is 1. The molecule has 5 rings (SSSR count). The SMILES string of the molecule is Cc1ccc(NC(=O)N2CCN(Cc3cc(=O)n4nc(-c5ccccc5F)sc4n3)CC2)cc1F. The number of anilines is 1. The largest absolute Gasteiger partial charge is 0.322 e.